The topological polar surface area (TPSA) is 0 Å². The maximum atomic E-state index is 3.78. The lowest BCUT2D eigenvalue weighted by atomic mass is 9.98. The Balaban J connectivity index is 2.34. The molecule has 20 heavy (non-hydrogen) atoms. The first-order valence-corrected chi connectivity index (χ1v) is 8.02. The summed E-state index contributed by atoms with van der Waals surface area (Å²) in [6.07, 6.45) is 0. The number of rotatable bonds is 0. The maximum Gasteiger partial charge on any atom is 0.0332 e. The summed E-state index contributed by atoms with van der Waals surface area (Å²) in [6, 6.07) is 21.5. The van der Waals surface area contributed by atoms with Gasteiger partial charge < -0.3 is 0 Å². The van der Waals surface area contributed by atoms with Crippen molar-refractivity contribution in [2.75, 3.05) is 0 Å². The van der Waals surface area contributed by atoms with Crippen molar-refractivity contribution in [1.82, 2.24) is 0 Å². The van der Waals surface area contributed by atoms with E-state index in [4.69, 9.17) is 0 Å². The van der Waals surface area contributed by atoms with Crippen LogP contribution in [0.25, 0.3) is 32.3 Å². The Morgan fingerprint density at radius 1 is 0.550 bits per heavy atom. The van der Waals surface area contributed by atoms with E-state index in [-0.39, 0.29) is 0 Å². The van der Waals surface area contributed by atoms with Gasteiger partial charge in [0.05, 0.1) is 0 Å². The van der Waals surface area contributed by atoms with E-state index in [9.17, 15) is 0 Å². The van der Waals surface area contributed by atoms with E-state index < -0.39 is 0 Å². The smallest absolute Gasteiger partial charge is 0.0332 e. The molecule has 4 aromatic carbocycles. The molecular weight excluding hydrogens is 376 g/mol. The predicted molar refractivity (Wildman–Crippen MR) is 94.4 cm³/mol. The van der Waals surface area contributed by atoms with Crippen molar-refractivity contribution in [3.63, 3.8) is 0 Å². The molecule has 0 heterocycles. The van der Waals surface area contributed by atoms with Crippen LogP contribution in [0.1, 0.15) is 0 Å². The molecule has 4 aromatic rings. The number of halogens is 2. The zero-order valence-corrected chi connectivity index (χ0v) is 13.7. The molecule has 0 saturated carbocycles. The summed E-state index contributed by atoms with van der Waals surface area (Å²) in [5, 5.41) is 7.58. The monoisotopic (exact) mass is 384 g/mol. The molecule has 0 spiro atoms. The van der Waals surface area contributed by atoms with Gasteiger partial charge in [0.1, 0.15) is 0 Å². The lowest BCUT2D eigenvalue weighted by molar-refractivity contribution is 1.73. The van der Waals surface area contributed by atoms with E-state index in [2.05, 4.69) is 92.5 Å². The summed E-state index contributed by atoms with van der Waals surface area (Å²) in [5.74, 6) is 0. The number of hydrogen-bond acceptors (Lipinski definition) is 0. The lowest BCUT2D eigenvalue weighted by Crippen LogP contribution is -1.83. The minimum Gasteiger partial charge on any atom is -0.0616 e. The van der Waals surface area contributed by atoms with Gasteiger partial charge in [0.25, 0.3) is 0 Å². The van der Waals surface area contributed by atoms with E-state index in [1.165, 1.54) is 32.3 Å². The molecule has 2 heteroatoms. The van der Waals surface area contributed by atoms with Gasteiger partial charge in [-0.2, -0.15) is 0 Å². The standard InChI is InChI=1S/C18H10Br2/c19-17-10-16-15(13-7-3-4-8-14(13)17)9-11-5-1-2-6-12(11)18(16)20/h1-10H. The zero-order valence-electron chi connectivity index (χ0n) is 10.5. The van der Waals surface area contributed by atoms with Crippen molar-refractivity contribution in [2.45, 2.75) is 0 Å². The fraction of sp³-hybridized carbons (Fsp3) is 0. The average Bonchev–Trinajstić information content (AvgIpc) is 2.49. The molecule has 0 amide bonds. The van der Waals surface area contributed by atoms with Crippen LogP contribution in [0.5, 0.6) is 0 Å². The molecular formula is C18H10Br2. The minimum absolute atomic E-state index is 1.14. The highest BCUT2D eigenvalue weighted by Crippen LogP contribution is 2.39. The van der Waals surface area contributed by atoms with Crippen molar-refractivity contribution >= 4 is 64.2 Å². The Morgan fingerprint density at radius 2 is 1.20 bits per heavy atom. The highest BCUT2D eigenvalue weighted by molar-refractivity contribution is 9.11. The van der Waals surface area contributed by atoms with Crippen molar-refractivity contribution in [2.24, 2.45) is 0 Å². The third kappa shape index (κ3) is 1.72. The number of hydrogen-bond donors (Lipinski definition) is 0. The van der Waals surface area contributed by atoms with Gasteiger partial charge in [-0.1, -0.05) is 64.5 Å². The van der Waals surface area contributed by atoms with Gasteiger partial charge in [-0.15, -0.1) is 0 Å². The van der Waals surface area contributed by atoms with Crippen molar-refractivity contribution in [3.8, 4) is 0 Å². The Bertz CT molecular complexity index is 965. The Kier molecular flexibility index (Phi) is 2.83. The predicted octanol–water partition coefficient (Wildman–Crippen LogP) is 6.67. The van der Waals surface area contributed by atoms with Crippen molar-refractivity contribution in [1.29, 1.82) is 0 Å². The molecule has 4 rings (SSSR count). The second-order valence-electron chi connectivity index (χ2n) is 4.91. The van der Waals surface area contributed by atoms with Gasteiger partial charge in [0.2, 0.25) is 0 Å². The molecule has 0 aliphatic heterocycles. The van der Waals surface area contributed by atoms with Crippen LogP contribution in [0, 0.1) is 0 Å². The molecule has 0 fully saturated rings. The van der Waals surface area contributed by atoms with Crippen LogP contribution < -0.4 is 0 Å². The van der Waals surface area contributed by atoms with Crippen LogP contribution in [0.4, 0.5) is 0 Å². The van der Waals surface area contributed by atoms with E-state index in [1.54, 1.807) is 0 Å². The second kappa shape index (κ2) is 4.57. The molecule has 0 atom stereocenters. The third-order valence-corrected chi connectivity index (χ3v) is 5.28. The Morgan fingerprint density at radius 3 is 2.00 bits per heavy atom. The first kappa shape index (κ1) is 12.4. The van der Waals surface area contributed by atoms with Crippen LogP contribution in [0.3, 0.4) is 0 Å². The lowest BCUT2D eigenvalue weighted by Gasteiger charge is -2.10. The minimum atomic E-state index is 1.14. The molecule has 0 radical (unpaired) electrons. The highest BCUT2D eigenvalue weighted by atomic mass is 79.9. The fourth-order valence-corrected chi connectivity index (χ4v) is 4.08. The molecule has 0 nitrogen and oxygen atoms in total. The average molecular weight is 386 g/mol. The van der Waals surface area contributed by atoms with Gasteiger partial charge in [-0.05, 0) is 60.4 Å². The van der Waals surface area contributed by atoms with Gasteiger partial charge >= 0.3 is 0 Å². The first-order chi connectivity index (χ1) is 9.75. The SMILES string of the molecule is Brc1cc2c(Br)c3ccccc3cc2c2ccccc12. The summed E-state index contributed by atoms with van der Waals surface area (Å²) in [6.45, 7) is 0. The molecule has 96 valence electrons. The number of fused-ring (bicyclic) bond motifs is 4. The highest BCUT2D eigenvalue weighted by Gasteiger charge is 2.10. The van der Waals surface area contributed by atoms with Crippen LogP contribution in [-0.2, 0) is 0 Å². The van der Waals surface area contributed by atoms with Gasteiger partial charge in [0, 0.05) is 8.95 Å². The van der Waals surface area contributed by atoms with Crippen molar-refractivity contribution < 1.29 is 0 Å². The second-order valence-corrected chi connectivity index (χ2v) is 6.56. The van der Waals surface area contributed by atoms with Gasteiger partial charge in [-0.25, -0.2) is 0 Å². The van der Waals surface area contributed by atoms with E-state index in [0.29, 0.717) is 0 Å². The van der Waals surface area contributed by atoms with Crippen LogP contribution in [0.2, 0.25) is 0 Å². The molecule has 0 aliphatic rings. The molecule has 0 unspecified atom stereocenters. The van der Waals surface area contributed by atoms with Gasteiger partial charge in [0.15, 0.2) is 0 Å². The van der Waals surface area contributed by atoms with E-state index >= 15 is 0 Å². The van der Waals surface area contributed by atoms with Gasteiger partial charge in [-0.3, -0.25) is 0 Å². The zero-order chi connectivity index (χ0) is 13.7. The van der Waals surface area contributed by atoms with E-state index in [0.717, 1.165) is 8.95 Å². The quantitative estimate of drug-likeness (QED) is 0.234. The Hall–Kier alpha value is -1.38. The molecule has 0 N–H and O–H groups in total. The van der Waals surface area contributed by atoms with Crippen LogP contribution in [-0.4, -0.2) is 0 Å². The first-order valence-electron chi connectivity index (χ1n) is 6.44. The van der Waals surface area contributed by atoms with E-state index in [1.807, 2.05) is 0 Å². The van der Waals surface area contributed by atoms with Crippen molar-refractivity contribution in [3.05, 3.63) is 69.6 Å². The molecule has 0 saturated heterocycles. The third-order valence-electron chi connectivity index (χ3n) is 3.77. The molecule has 0 aromatic heterocycles. The largest absolute Gasteiger partial charge is 0.0616 e. The molecule has 0 aliphatic carbocycles. The summed E-state index contributed by atoms with van der Waals surface area (Å²) >= 11 is 7.48. The normalized spacial score (nSPS) is 11.5. The summed E-state index contributed by atoms with van der Waals surface area (Å²) in [5.41, 5.74) is 0. The number of benzene rings is 4. The molecule has 0 bridgehead atoms. The summed E-state index contributed by atoms with van der Waals surface area (Å²) < 4.78 is 2.30. The Labute approximate surface area is 133 Å². The van der Waals surface area contributed by atoms with Crippen LogP contribution in [0.15, 0.2) is 69.6 Å². The summed E-state index contributed by atoms with van der Waals surface area (Å²) in [4.78, 5) is 0. The fourth-order valence-electron chi connectivity index (χ4n) is 2.81. The maximum absolute atomic E-state index is 3.78. The summed E-state index contributed by atoms with van der Waals surface area (Å²) in [7, 11) is 0. The van der Waals surface area contributed by atoms with Crippen LogP contribution >= 0.6 is 31.9 Å².